The summed E-state index contributed by atoms with van der Waals surface area (Å²) in [6.45, 7) is 8.86. The first-order chi connectivity index (χ1) is 12.1. The van der Waals surface area contributed by atoms with Gasteiger partial charge in [-0.1, -0.05) is 27.7 Å². The van der Waals surface area contributed by atoms with E-state index in [4.69, 9.17) is 9.47 Å². The first-order valence-electron chi connectivity index (χ1n) is 8.23. The summed E-state index contributed by atoms with van der Waals surface area (Å²) in [6.07, 6.45) is 0. The Morgan fingerprint density at radius 1 is 1.19 bits per heavy atom. The number of nitro groups is 1. The second kappa shape index (κ2) is 7.19. The zero-order valence-corrected chi connectivity index (χ0v) is 15.5. The molecular formula is C19H23NO6. The van der Waals surface area contributed by atoms with Gasteiger partial charge in [0.1, 0.15) is 5.56 Å². The summed E-state index contributed by atoms with van der Waals surface area (Å²) in [5.74, 6) is -0.0404. The van der Waals surface area contributed by atoms with Gasteiger partial charge in [0.15, 0.2) is 11.5 Å². The molecule has 0 unspecified atom stereocenters. The molecule has 0 aliphatic heterocycles. The number of benzene rings is 2. The van der Waals surface area contributed by atoms with Gasteiger partial charge in [-0.3, -0.25) is 10.1 Å². The first kappa shape index (κ1) is 19.5. The quantitative estimate of drug-likeness (QED) is 0.575. The third-order valence-corrected chi connectivity index (χ3v) is 4.83. The van der Waals surface area contributed by atoms with E-state index in [9.17, 15) is 20.0 Å². The van der Waals surface area contributed by atoms with Crippen molar-refractivity contribution >= 4 is 22.4 Å². The largest absolute Gasteiger partial charge is 0.493 e. The number of fused-ring (bicyclic) bond motifs is 1. The lowest BCUT2D eigenvalue weighted by molar-refractivity contribution is -0.385. The van der Waals surface area contributed by atoms with Crippen LogP contribution in [-0.4, -0.2) is 29.7 Å². The molecule has 0 aliphatic rings. The summed E-state index contributed by atoms with van der Waals surface area (Å²) in [5.41, 5.74) is -0.885. The molecule has 0 amide bonds. The van der Waals surface area contributed by atoms with Crippen molar-refractivity contribution in [2.24, 2.45) is 11.3 Å². The second-order valence-corrected chi connectivity index (χ2v) is 7.21. The van der Waals surface area contributed by atoms with Crippen molar-refractivity contribution in [3.8, 4) is 11.5 Å². The van der Waals surface area contributed by atoms with Crippen LogP contribution in [0, 0.1) is 21.4 Å². The molecular weight excluding hydrogens is 338 g/mol. The van der Waals surface area contributed by atoms with Crippen LogP contribution in [0.1, 0.15) is 38.1 Å². The number of methoxy groups -OCH3 is 1. The lowest BCUT2D eigenvalue weighted by Crippen LogP contribution is -2.27. The predicted molar refractivity (Wildman–Crippen MR) is 98.2 cm³/mol. The molecule has 2 aromatic rings. The van der Waals surface area contributed by atoms with E-state index >= 15 is 0 Å². The highest BCUT2D eigenvalue weighted by Crippen LogP contribution is 2.37. The van der Waals surface area contributed by atoms with Crippen LogP contribution in [0.4, 0.5) is 5.69 Å². The van der Waals surface area contributed by atoms with E-state index in [1.165, 1.54) is 19.2 Å². The van der Waals surface area contributed by atoms with Crippen LogP contribution in [0.3, 0.4) is 0 Å². The van der Waals surface area contributed by atoms with Crippen LogP contribution in [0.5, 0.6) is 11.5 Å². The van der Waals surface area contributed by atoms with E-state index in [0.29, 0.717) is 34.8 Å². The van der Waals surface area contributed by atoms with Gasteiger partial charge in [0.05, 0.1) is 18.6 Å². The minimum atomic E-state index is -1.35. The summed E-state index contributed by atoms with van der Waals surface area (Å²) in [6, 6.07) is 5.80. The Morgan fingerprint density at radius 2 is 1.77 bits per heavy atom. The number of aromatic carboxylic acids is 1. The van der Waals surface area contributed by atoms with Crippen molar-refractivity contribution in [1.29, 1.82) is 0 Å². The molecule has 0 fully saturated rings. The van der Waals surface area contributed by atoms with Crippen LogP contribution >= 0.6 is 0 Å². The second-order valence-electron chi connectivity index (χ2n) is 7.21. The summed E-state index contributed by atoms with van der Waals surface area (Å²) < 4.78 is 11.3. The molecule has 1 N–H and O–H groups in total. The molecule has 0 saturated carbocycles. The minimum Gasteiger partial charge on any atom is -0.493 e. The standard InChI is InChI=1S/C19H23NO6/c1-11(2)19(3,4)10-26-17-9-12-6-14(18(21)22)15(20(23)24)7-13(12)8-16(17)25-5/h6-9,11H,10H2,1-5H3,(H,21,22). The zero-order chi connectivity index (χ0) is 19.6. The molecule has 140 valence electrons. The highest BCUT2D eigenvalue weighted by molar-refractivity contribution is 6.00. The molecule has 0 radical (unpaired) electrons. The number of nitro benzene ring substituents is 1. The number of carboxylic acid groups (broad SMARTS) is 1. The van der Waals surface area contributed by atoms with Gasteiger partial charge < -0.3 is 14.6 Å². The number of carboxylic acids is 1. The van der Waals surface area contributed by atoms with Crippen molar-refractivity contribution in [2.45, 2.75) is 27.7 Å². The molecule has 0 atom stereocenters. The maximum absolute atomic E-state index is 11.3. The topological polar surface area (TPSA) is 98.9 Å². The van der Waals surface area contributed by atoms with Crippen LogP contribution < -0.4 is 9.47 Å². The molecule has 0 aromatic heterocycles. The average molecular weight is 361 g/mol. The molecule has 2 rings (SSSR count). The first-order valence-corrected chi connectivity index (χ1v) is 8.23. The molecule has 0 saturated heterocycles. The molecule has 0 bridgehead atoms. The van der Waals surface area contributed by atoms with E-state index in [1.807, 2.05) is 0 Å². The number of rotatable bonds is 7. The Morgan fingerprint density at radius 3 is 2.27 bits per heavy atom. The average Bonchev–Trinajstić information content (AvgIpc) is 2.57. The van der Waals surface area contributed by atoms with Crippen molar-refractivity contribution in [3.05, 3.63) is 39.9 Å². The smallest absolute Gasteiger partial charge is 0.342 e. The summed E-state index contributed by atoms with van der Waals surface area (Å²) in [7, 11) is 1.49. The van der Waals surface area contributed by atoms with Gasteiger partial charge in [0, 0.05) is 11.5 Å². The lowest BCUT2D eigenvalue weighted by atomic mass is 9.82. The van der Waals surface area contributed by atoms with Crippen molar-refractivity contribution < 1.29 is 24.3 Å². The number of hydrogen-bond donors (Lipinski definition) is 1. The van der Waals surface area contributed by atoms with E-state index in [-0.39, 0.29) is 11.0 Å². The van der Waals surface area contributed by atoms with Gasteiger partial charge in [-0.15, -0.1) is 0 Å². The van der Waals surface area contributed by atoms with E-state index < -0.39 is 16.6 Å². The minimum absolute atomic E-state index is 0.0678. The van der Waals surface area contributed by atoms with Gasteiger partial charge in [-0.2, -0.15) is 0 Å². The molecule has 0 spiro atoms. The van der Waals surface area contributed by atoms with E-state index in [2.05, 4.69) is 27.7 Å². The lowest BCUT2D eigenvalue weighted by Gasteiger charge is -2.29. The molecule has 7 nitrogen and oxygen atoms in total. The summed E-state index contributed by atoms with van der Waals surface area (Å²) in [4.78, 5) is 21.8. The fourth-order valence-corrected chi connectivity index (χ4v) is 2.32. The molecule has 7 heteroatoms. The fourth-order valence-electron chi connectivity index (χ4n) is 2.32. The molecule has 0 heterocycles. The predicted octanol–water partition coefficient (Wildman–Crippen LogP) is 4.52. The third kappa shape index (κ3) is 3.87. The van der Waals surface area contributed by atoms with Gasteiger partial charge in [-0.05, 0) is 34.9 Å². The highest BCUT2D eigenvalue weighted by atomic mass is 16.6. The molecule has 2 aromatic carbocycles. The summed E-state index contributed by atoms with van der Waals surface area (Å²) >= 11 is 0. The normalized spacial score (nSPS) is 11.6. The van der Waals surface area contributed by atoms with Crippen molar-refractivity contribution in [2.75, 3.05) is 13.7 Å². The highest BCUT2D eigenvalue weighted by Gasteiger charge is 2.25. The number of hydrogen-bond acceptors (Lipinski definition) is 5. The van der Waals surface area contributed by atoms with E-state index in [1.54, 1.807) is 12.1 Å². The Bertz CT molecular complexity index is 857. The van der Waals surface area contributed by atoms with Gasteiger partial charge in [0.25, 0.3) is 5.69 Å². The zero-order valence-electron chi connectivity index (χ0n) is 15.5. The van der Waals surface area contributed by atoms with Crippen LogP contribution in [0.2, 0.25) is 0 Å². The van der Waals surface area contributed by atoms with Crippen LogP contribution in [-0.2, 0) is 0 Å². The Kier molecular flexibility index (Phi) is 5.39. The Balaban J connectivity index is 2.54. The number of ether oxygens (including phenoxy) is 2. The van der Waals surface area contributed by atoms with E-state index in [0.717, 1.165) is 0 Å². The summed E-state index contributed by atoms with van der Waals surface area (Å²) in [5, 5.41) is 21.5. The molecule has 26 heavy (non-hydrogen) atoms. The maximum atomic E-state index is 11.3. The van der Waals surface area contributed by atoms with Crippen LogP contribution in [0.25, 0.3) is 10.8 Å². The van der Waals surface area contributed by atoms with Gasteiger partial charge >= 0.3 is 5.97 Å². The maximum Gasteiger partial charge on any atom is 0.342 e. The number of carbonyl (C=O) groups is 1. The molecule has 0 aliphatic carbocycles. The van der Waals surface area contributed by atoms with Crippen molar-refractivity contribution in [3.63, 3.8) is 0 Å². The SMILES string of the molecule is COc1cc2cc([N+](=O)[O-])c(C(=O)O)cc2cc1OCC(C)(C)C(C)C. The van der Waals surface area contributed by atoms with Crippen LogP contribution in [0.15, 0.2) is 24.3 Å². The Labute approximate surface area is 151 Å². The van der Waals surface area contributed by atoms with Crippen molar-refractivity contribution in [1.82, 2.24) is 0 Å². The monoisotopic (exact) mass is 361 g/mol. The fraction of sp³-hybridized carbons (Fsp3) is 0.421. The van der Waals surface area contributed by atoms with Gasteiger partial charge in [0.2, 0.25) is 0 Å². The van der Waals surface area contributed by atoms with Gasteiger partial charge in [-0.25, -0.2) is 4.79 Å². The number of nitrogens with zero attached hydrogens (tertiary/aromatic N) is 1. The third-order valence-electron chi connectivity index (χ3n) is 4.83. The Hall–Kier alpha value is -2.83.